The number of rotatable bonds is 7. The summed E-state index contributed by atoms with van der Waals surface area (Å²) in [7, 11) is 1.97. The van der Waals surface area contributed by atoms with E-state index in [1.54, 1.807) is 0 Å². The summed E-state index contributed by atoms with van der Waals surface area (Å²) in [6, 6.07) is 0. The van der Waals surface area contributed by atoms with E-state index in [-0.39, 0.29) is 0 Å². The SMILES string of the molecule is CCCNCC(C)(C)CCc1cnn(C)c1. The maximum Gasteiger partial charge on any atom is 0.0521 e. The molecular formula is C13H25N3. The van der Waals surface area contributed by atoms with E-state index in [0.29, 0.717) is 5.41 Å². The van der Waals surface area contributed by atoms with Crippen LogP contribution in [0.25, 0.3) is 0 Å². The van der Waals surface area contributed by atoms with Crippen LogP contribution < -0.4 is 5.32 Å². The van der Waals surface area contributed by atoms with E-state index in [1.165, 1.54) is 18.4 Å². The first-order chi connectivity index (χ1) is 7.53. The highest BCUT2D eigenvalue weighted by Gasteiger charge is 2.17. The molecule has 1 rings (SSSR count). The Balaban J connectivity index is 2.29. The molecule has 0 aliphatic heterocycles. The number of aryl methyl sites for hydroxylation is 2. The number of hydrogen-bond acceptors (Lipinski definition) is 2. The Kier molecular flexibility index (Phi) is 5.00. The first-order valence-corrected chi connectivity index (χ1v) is 6.22. The van der Waals surface area contributed by atoms with Crippen LogP contribution in [-0.4, -0.2) is 22.9 Å². The van der Waals surface area contributed by atoms with Crippen LogP contribution in [-0.2, 0) is 13.5 Å². The minimum absolute atomic E-state index is 0.366. The molecule has 0 saturated carbocycles. The van der Waals surface area contributed by atoms with Crippen LogP contribution in [0.5, 0.6) is 0 Å². The summed E-state index contributed by atoms with van der Waals surface area (Å²) in [4.78, 5) is 0. The summed E-state index contributed by atoms with van der Waals surface area (Å²) in [6.07, 6.45) is 7.61. The van der Waals surface area contributed by atoms with Gasteiger partial charge in [-0.2, -0.15) is 5.10 Å². The summed E-state index contributed by atoms with van der Waals surface area (Å²) in [5, 5.41) is 7.69. The van der Waals surface area contributed by atoms with E-state index in [4.69, 9.17) is 0 Å². The Morgan fingerprint density at radius 2 is 2.19 bits per heavy atom. The lowest BCUT2D eigenvalue weighted by atomic mass is 9.86. The number of nitrogens with one attached hydrogen (secondary N) is 1. The second-order valence-corrected chi connectivity index (χ2v) is 5.36. The molecule has 1 aromatic heterocycles. The van der Waals surface area contributed by atoms with Gasteiger partial charge < -0.3 is 5.32 Å². The van der Waals surface area contributed by atoms with Crippen LogP contribution >= 0.6 is 0 Å². The Bertz CT molecular complexity index is 302. The third kappa shape index (κ3) is 4.79. The van der Waals surface area contributed by atoms with Gasteiger partial charge in [-0.1, -0.05) is 20.8 Å². The molecule has 3 heteroatoms. The zero-order valence-electron chi connectivity index (χ0n) is 11.1. The minimum atomic E-state index is 0.366. The van der Waals surface area contributed by atoms with Crippen LogP contribution in [0.4, 0.5) is 0 Å². The third-order valence-corrected chi connectivity index (χ3v) is 2.88. The molecular weight excluding hydrogens is 198 g/mol. The van der Waals surface area contributed by atoms with E-state index < -0.39 is 0 Å². The zero-order chi connectivity index (χ0) is 12.0. The molecule has 0 radical (unpaired) electrons. The number of nitrogens with zero attached hydrogens (tertiary/aromatic N) is 2. The fourth-order valence-corrected chi connectivity index (χ4v) is 1.78. The van der Waals surface area contributed by atoms with Gasteiger partial charge in [0.2, 0.25) is 0 Å². The predicted molar refractivity (Wildman–Crippen MR) is 68.5 cm³/mol. The van der Waals surface area contributed by atoms with Crippen LogP contribution in [0.1, 0.15) is 39.2 Å². The van der Waals surface area contributed by atoms with Crippen molar-refractivity contribution in [3.8, 4) is 0 Å². The molecule has 16 heavy (non-hydrogen) atoms. The fraction of sp³-hybridized carbons (Fsp3) is 0.769. The van der Waals surface area contributed by atoms with E-state index in [1.807, 2.05) is 17.9 Å². The van der Waals surface area contributed by atoms with Gasteiger partial charge in [-0.25, -0.2) is 0 Å². The molecule has 1 N–H and O–H groups in total. The number of aromatic nitrogens is 2. The Morgan fingerprint density at radius 1 is 1.44 bits per heavy atom. The second-order valence-electron chi connectivity index (χ2n) is 5.36. The molecule has 0 aliphatic rings. The van der Waals surface area contributed by atoms with Crippen LogP contribution in [0.15, 0.2) is 12.4 Å². The molecule has 0 bridgehead atoms. The summed E-state index contributed by atoms with van der Waals surface area (Å²) >= 11 is 0. The molecule has 0 aromatic carbocycles. The largest absolute Gasteiger partial charge is 0.316 e. The van der Waals surface area contributed by atoms with Gasteiger partial charge in [-0.3, -0.25) is 4.68 Å². The van der Waals surface area contributed by atoms with Gasteiger partial charge in [0, 0.05) is 19.8 Å². The quantitative estimate of drug-likeness (QED) is 0.719. The van der Waals surface area contributed by atoms with E-state index in [0.717, 1.165) is 19.5 Å². The molecule has 0 amide bonds. The lowest BCUT2D eigenvalue weighted by Gasteiger charge is -2.24. The van der Waals surface area contributed by atoms with Crippen molar-refractivity contribution >= 4 is 0 Å². The van der Waals surface area contributed by atoms with Crippen molar-refractivity contribution in [2.45, 2.75) is 40.0 Å². The fourth-order valence-electron chi connectivity index (χ4n) is 1.78. The van der Waals surface area contributed by atoms with Gasteiger partial charge in [0.05, 0.1) is 6.20 Å². The van der Waals surface area contributed by atoms with Gasteiger partial charge >= 0.3 is 0 Å². The first-order valence-electron chi connectivity index (χ1n) is 6.22. The molecule has 1 heterocycles. The van der Waals surface area contributed by atoms with Gasteiger partial charge in [-0.15, -0.1) is 0 Å². The average molecular weight is 223 g/mol. The summed E-state index contributed by atoms with van der Waals surface area (Å²) in [6.45, 7) is 9.07. The van der Waals surface area contributed by atoms with Crippen molar-refractivity contribution in [1.82, 2.24) is 15.1 Å². The van der Waals surface area contributed by atoms with E-state index in [9.17, 15) is 0 Å². The smallest absolute Gasteiger partial charge is 0.0521 e. The molecule has 0 aliphatic carbocycles. The average Bonchev–Trinajstić information content (AvgIpc) is 2.62. The standard InChI is InChI=1S/C13H25N3/c1-5-8-14-11-13(2,3)7-6-12-9-15-16(4)10-12/h9-10,14H,5-8,11H2,1-4H3. The molecule has 3 nitrogen and oxygen atoms in total. The van der Waals surface area contributed by atoms with Crippen molar-refractivity contribution in [2.75, 3.05) is 13.1 Å². The monoisotopic (exact) mass is 223 g/mol. The Labute approximate surface area is 99.2 Å². The molecule has 0 atom stereocenters. The maximum absolute atomic E-state index is 4.19. The minimum Gasteiger partial charge on any atom is -0.316 e. The van der Waals surface area contributed by atoms with Crippen LogP contribution in [0.3, 0.4) is 0 Å². The molecule has 1 aromatic rings. The van der Waals surface area contributed by atoms with Crippen LogP contribution in [0.2, 0.25) is 0 Å². The van der Waals surface area contributed by atoms with Crippen molar-refractivity contribution in [3.63, 3.8) is 0 Å². The van der Waals surface area contributed by atoms with Crippen molar-refractivity contribution < 1.29 is 0 Å². The molecule has 0 fully saturated rings. The lowest BCUT2D eigenvalue weighted by molar-refractivity contribution is 0.315. The van der Waals surface area contributed by atoms with Gasteiger partial charge in [0.25, 0.3) is 0 Å². The van der Waals surface area contributed by atoms with Gasteiger partial charge in [-0.05, 0) is 36.8 Å². The third-order valence-electron chi connectivity index (χ3n) is 2.88. The van der Waals surface area contributed by atoms with E-state index in [2.05, 4.69) is 37.4 Å². The number of hydrogen-bond donors (Lipinski definition) is 1. The summed E-state index contributed by atoms with van der Waals surface area (Å²) in [5.41, 5.74) is 1.71. The van der Waals surface area contributed by atoms with Crippen molar-refractivity contribution in [1.29, 1.82) is 0 Å². The van der Waals surface area contributed by atoms with Crippen molar-refractivity contribution in [3.05, 3.63) is 18.0 Å². The Morgan fingerprint density at radius 3 is 2.75 bits per heavy atom. The Hall–Kier alpha value is -0.830. The van der Waals surface area contributed by atoms with Gasteiger partial charge in [0.1, 0.15) is 0 Å². The zero-order valence-corrected chi connectivity index (χ0v) is 11.1. The van der Waals surface area contributed by atoms with Gasteiger partial charge in [0.15, 0.2) is 0 Å². The van der Waals surface area contributed by atoms with Crippen molar-refractivity contribution in [2.24, 2.45) is 12.5 Å². The summed E-state index contributed by atoms with van der Waals surface area (Å²) < 4.78 is 1.87. The highest BCUT2D eigenvalue weighted by Crippen LogP contribution is 2.21. The first kappa shape index (κ1) is 13.2. The summed E-state index contributed by atoms with van der Waals surface area (Å²) in [5.74, 6) is 0. The predicted octanol–water partition coefficient (Wildman–Crippen LogP) is 2.38. The van der Waals surface area contributed by atoms with E-state index >= 15 is 0 Å². The highest BCUT2D eigenvalue weighted by molar-refractivity contribution is 5.04. The normalized spacial score (nSPS) is 12.0. The molecule has 0 saturated heterocycles. The lowest BCUT2D eigenvalue weighted by Crippen LogP contribution is -2.30. The molecule has 92 valence electrons. The molecule has 0 unspecified atom stereocenters. The topological polar surface area (TPSA) is 29.9 Å². The highest BCUT2D eigenvalue weighted by atomic mass is 15.2. The molecule has 0 spiro atoms. The van der Waals surface area contributed by atoms with Crippen LogP contribution in [0, 0.1) is 5.41 Å². The maximum atomic E-state index is 4.19. The second kappa shape index (κ2) is 6.04.